The molecule has 1 aromatic heterocycles. The number of aliphatic imine (C=N–C) groups is 1. The topological polar surface area (TPSA) is 121 Å². The summed E-state index contributed by atoms with van der Waals surface area (Å²) in [6.45, 7) is 5.57. The molecular weight excluding hydrogens is 412 g/mol. The summed E-state index contributed by atoms with van der Waals surface area (Å²) in [5, 5.41) is 6.95. The number of guanidine groups is 1. The van der Waals surface area contributed by atoms with Gasteiger partial charge in [-0.25, -0.2) is 13.4 Å². The average molecular weight is 445 g/mol. The van der Waals surface area contributed by atoms with Crippen molar-refractivity contribution in [3.63, 3.8) is 0 Å². The van der Waals surface area contributed by atoms with Gasteiger partial charge >= 0.3 is 0 Å². The van der Waals surface area contributed by atoms with E-state index in [9.17, 15) is 13.2 Å². The Morgan fingerprint density at radius 3 is 2.67 bits per heavy atom. The highest BCUT2D eigenvalue weighted by Crippen LogP contribution is 2.13. The highest BCUT2D eigenvalue weighted by molar-refractivity contribution is 7.88. The first kappa shape index (κ1) is 24.1. The molecule has 0 saturated carbocycles. The third-order valence-corrected chi connectivity index (χ3v) is 6.38. The zero-order valence-corrected chi connectivity index (χ0v) is 18.7. The molecule has 1 fully saturated rings. The molecule has 0 bridgehead atoms. The van der Waals surface area contributed by atoms with E-state index in [4.69, 9.17) is 9.26 Å². The number of likely N-dealkylation sites (N-methyl/N-ethyl adjacent to an activating group) is 1. The van der Waals surface area contributed by atoms with Crippen LogP contribution in [0.15, 0.2) is 21.8 Å². The van der Waals surface area contributed by atoms with Gasteiger partial charge in [-0.15, -0.1) is 0 Å². The lowest BCUT2D eigenvalue weighted by Gasteiger charge is -2.35. The van der Waals surface area contributed by atoms with Crippen LogP contribution in [-0.2, 0) is 25.3 Å². The number of piperazine rings is 1. The Morgan fingerprint density at radius 2 is 2.07 bits per heavy atom. The molecule has 0 spiro atoms. The number of sulfonamides is 1. The minimum Gasteiger partial charge on any atom is -0.382 e. The number of ether oxygens (including phenoxy) is 1. The maximum absolute atomic E-state index is 12.6. The first-order valence-corrected chi connectivity index (χ1v) is 11.6. The molecule has 1 amide bonds. The second-order valence-corrected chi connectivity index (χ2v) is 9.01. The number of nitrogens with zero attached hydrogens (tertiary/aromatic N) is 5. The maximum Gasteiger partial charge on any atom is 0.243 e. The Hall–Kier alpha value is -2.18. The maximum atomic E-state index is 12.6. The first-order valence-electron chi connectivity index (χ1n) is 10.0. The van der Waals surface area contributed by atoms with Crippen LogP contribution in [0.3, 0.4) is 0 Å². The van der Waals surface area contributed by atoms with Crippen molar-refractivity contribution in [1.29, 1.82) is 0 Å². The Balaban J connectivity index is 1.94. The summed E-state index contributed by atoms with van der Waals surface area (Å²) in [4.78, 5) is 19.8. The molecule has 1 N–H and O–H groups in total. The molecule has 0 aromatic carbocycles. The summed E-state index contributed by atoms with van der Waals surface area (Å²) >= 11 is 0. The number of aromatic nitrogens is 1. The van der Waals surface area contributed by atoms with Crippen molar-refractivity contribution in [3.8, 4) is 0 Å². The van der Waals surface area contributed by atoms with Gasteiger partial charge in [0, 0.05) is 66.1 Å². The van der Waals surface area contributed by atoms with Crippen molar-refractivity contribution in [2.24, 2.45) is 4.99 Å². The van der Waals surface area contributed by atoms with Crippen LogP contribution < -0.4 is 5.32 Å². The fraction of sp³-hybridized carbons (Fsp3) is 0.722. The smallest absolute Gasteiger partial charge is 0.243 e. The quantitative estimate of drug-likeness (QED) is 0.294. The minimum atomic E-state index is -3.47. The van der Waals surface area contributed by atoms with E-state index in [1.165, 1.54) is 15.5 Å². The summed E-state index contributed by atoms with van der Waals surface area (Å²) in [6, 6.07) is 1.55. The molecule has 170 valence electrons. The third-order valence-electron chi connectivity index (χ3n) is 4.57. The van der Waals surface area contributed by atoms with Crippen molar-refractivity contribution in [3.05, 3.63) is 18.0 Å². The summed E-state index contributed by atoms with van der Waals surface area (Å²) in [5.41, 5.74) is 0.387. The lowest BCUT2D eigenvalue weighted by atomic mass is 10.3. The Bertz CT molecular complexity index is 773. The van der Waals surface area contributed by atoms with Gasteiger partial charge in [-0.3, -0.25) is 4.79 Å². The molecule has 2 rings (SSSR count). The SMILES string of the molecule is CCOCCCNC(=NCC(=O)N(C)C)N1CCN(S(=O)(=O)Cc2ccon2)CC1. The molecular formula is C18H32N6O5S. The van der Waals surface area contributed by atoms with E-state index in [1.807, 2.05) is 11.8 Å². The van der Waals surface area contributed by atoms with Crippen molar-refractivity contribution >= 4 is 21.9 Å². The van der Waals surface area contributed by atoms with Crippen LogP contribution in [0.1, 0.15) is 19.0 Å². The number of amides is 1. The third kappa shape index (κ3) is 7.58. The molecule has 11 nitrogen and oxygen atoms in total. The summed E-state index contributed by atoms with van der Waals surface area (Å²) < 4.78 is 36.7. The highest BCUT2D eigenvalue weighted by Gasteiger charge is 2.29. The van der Waals surface area contributed by atoms with Crippen LogP contribution in [0.5, 0.6) is 0 Å². The molecule has 0 radical (unpaired) electrons. The van der Waals surface area contributed by atoms with E-state index in [0.29, 0.717) is 57.6 Å². The second kappa shape index (κ2) is 11.9. The molecule has 1 aliphatic heterocycles. The van der Waals surface area contributed by atoms with Gasteiger partial charge in [0.2, 0.25) is 15.9 Å². The molecule has 1 aliphatic rings. The molecule has 0 aliphatic carbocycles. The van der Waals surface area contributed by atoms with Crippen LogP contribution in [0.2, 0.25) is 0 Å². The lowest BCUT2D eigenvalue weighted by Crippen LogP contribution is -2.54. The molecule has 2 heterocycles. The highest BCUT2D eigenvalue weighted by atomic mass is 32.2. The fourth-order valence-electron chi connectivity index (χ4n) is 2.84. The van der Waals surface area contributed by atoms with Crippen molar-refractivity contribution in [2.75, 3.05) is 66.6 Å². The second-order valence-electron chi connectivity index (χ2n) is 7.04. The number of rotatable bonds is 10. The van der Waals surface area contributed by atoms with Crippen LogP contribution >= 0.6 is 0 Å². The largest absolute Gasteiger partial charge is 0.382 e. The summed E-state index contributed by atoms with van der Waals surface area (Å²) in [5.74, 6) is 0.324. The van der Waals surface area contributed by atoms with E-state index in [1.54, 1.807) is 20.2 Å². The van der Waals surface area contributed by atoms with Crippen molar-refractivity contribution < 1.29 is 22.5 Å². The predicted molar refractivity (Wildman–Crippen MR) is 112 cm³/mol. The molecule has 0 unspecified atom stereocenters. The monoisotopic (exact) mass is 444 g/mol. The number of carbonyl (C=O) groups is 1. The Morgan fingerprint density at radius 1 is 1.33 bits per heavy atom. The molecule has 1 aromatic rings. The van der Waals surface area contributed by atoms with Crippen molar-refractivity contribution in [1.82, 2.24) is 24.6 Å². The van der Waals surface area contributed by atoms with Gasteiger partial charge in [0.1, 0.15) is 18.6 Å². The van der Waals surface area contributed by atoms with E-state index < -0.39 is 10.0 Å². The van der Waals surface area contributed by atoms with Gasteiger partial charge < -0.3 is 24.4 Å². The van der Waals surface area contributed by atoms with E-state index >= 15 is 0 Å². The van der Waals surface area contributed by atoms with E-state index in [0.717, 1.165) is 6.42 Å². The van der Waals surface area contributed by atoms with Gasteiger partial charge in [-0.05, 0) is 13.3 Å². The molecule has 1 saturated heterocycles. The Labute approximate surface area is 178 Å². The Kier molecular flexibility index (Phi) is 9.53. The van der Waals surface area contributed by atoms with Gasteiger partial charge in [-0.2, -0.15) is 4.31 Å². The minimum absolute atomic E-state index is 0.0332. The van der Waals surface area contributed by atoms with E-state index in [-0.39, 0.29) is 18.2 Å². The van der Waals surface area contributed by atoms with Gasteiger partial charge in [0.25, 0.3) is 0 Å². The van der Waals surface area contributed by atoms with Gasteiger partial charge in [0.05, 0.1) is 5.69 Å². The van der Waals surface area contributed by atoms with Crippen LogP contribution in [0.25, 0.3) is 0 Å². The molecule has 12 heteroatoms. The standard InChI is InChI=1S/C18H32N6O5S/c1-4-28-12-5-7-19-18(20-14-17(25)22(2)3)23-8-10-24(11-9-23)30(26,27)15-16-6-13-29-21-16/h6,13H,4-5,7-12,14-15H2,1-3H3,(H,19,20). The normalized spacial score (nSPS) is 16.0. The number of hydrogen-bond acceptors (Lipinski definition) is 7. The number of hydrogen-bond donors (Lipinski definition) is 1. The zero-order chi connectivity index (χ0) is 22.0. The van der Waals surface area contributed by atoms with Gasteiger partial charge in [0.15, 0.2) is 5.96 Å². The predicted octanol–water partition coefficient (Wildman–Crippen LogP) is -0.418. The van der Waals surface area contributed by atoms with Crippen LogP contribution in [0, 0.1) is 0 Å². The molecule has 0 atom stereocenters. The van der Waals surface area contributed by atoms with Crippen LogP contribution in [0.4, 0.5) is 0 Å². The lowest BCUT2D eigenvalue weighted by molar-refractivity contribution is -0.127. The van der Waals surface area contributed by atoms with Crippen molar-refractivity contribution in [2.45, 2.75) is 19.1 Å². The van der Waals surface area contributed by atoms with Crippen LogP contribution in [-0.4, -0.2) is 106 Å². The number of nitrogens with one attached hydrogen (secondary N) is 1. The summed E-state index contributed by atoms with van der Waals surface area (Å²) in [6.07, 6.45) is 2.16. The number of carbonyl (C=O) groups excluding carboxylic acids is 1. The average Bonchev–Trinajstić information content (AvgIpc) is 3.22. The summed E-state index contributed by atoms with van der Waals surface area (Å²) in [7, 11) is -0.101. The first-order chi connectivity index (χ1) is 14.3. The zero-order valence-electron chi connectivity index (χ0n) is 17.9. The molecule has 30 heavy (non-hydrogen) atoms. The van der Waals surface area contributed by atoms with Gasteiger partial charge in [-0.1, -0.05) is 5.16 Å². The van der Waals surface area contributed by atoms with E-state index in [2.05, 4.69) is 15.5 Å². The fourth-order valence-corrected chi connectivity index (χ4v) is 4.26.